The van der Waals surface area contributed by atoms with Crippen LogP contribution in [0.15, 0.2) is 34.6 Å². The number of fused-ring (bicyclic) bond motifs is 1. The van der Waals surface area contributed by atoms with E-state index in [1.54, 1.807) is 23.5 Å². The highest BCUT2D eigenvalue weighted by Crippen LogP contribution is 2.48. The van der Waals surface area contributed by atoms with Crippen LogP contribution in [0.5, 0.6) is 0 Å². The zero-order valence-electron chi connectivity index (χ0n) is 15.8. The highest BCUT2D eigenvalue weighted by Gasteiger charge is 2.40. The van der Waals surface area contributed by atoms with Crippen molar-refractivity contribution in [2.75, 3.05) is 7.11 Å². The van der Waals surface area contributed by atoms with E-state index in [9.17, 15) is 14.9 Å². The molecule has 7 heteroatoms. The molecule has 142 valence electrons. The maximum absolute atomic E-state index is 12.6. The number of carbonyl (C=O) groups is 1. The van der Waals surface area contributed by atoms with Gasteiger partial charge in [-0.2, -0.15) is 0 Å². The van der Waals surface area contributed by atoms with Crippen LogP contribution < -0.4 is 0 Å². The number of ether oxygens (including phenoxy) is 1. The Labute approximate surface area is 162 Å². The predicted octanol–water partition coefficient (Wildman–Crippen LogP) is 4.88. The Kier molecular flexibility index (Phi) is 5.41. The predicted molar refractivity (Wildman–Crippen MR) is 106 cm³/mol. The second-order valence-electron chi connectivity index (χ2n) is 7.16. The van der Waals surface area contributed by atoms with Gasteiger partial charge in [-0.1, -0.05) is 26.0 Å². The second kappa shape index (κ2) is 7.60. The summed E-state index contributed by atoms with van der Waals surface area (Å²) in [6, 6.07) is 6.52. The van der Waals surface area contributed by atoms with Gasteiger partial charge in [0, 0.05) is 29.3 Å². The highest BCUT2D eigenvalue weighted by atomic mass is 32.1. The van der Waals surface area contributed by atoms with Gasteiger partial charge in [-0.3, -0.25) is 14.9 Å². The molecule has 0 saturated heterocycles. The van der Waals surface area contributed by atoms with Crippen molar-refractivity contribution in [3.05, 3.63) is 56.5 Å². The van der Waals surface area contributed by atoms with Crippen molar-refractivity contribution < 1.29 is 14.5 Å². The highest BCUT2D eigenvalue weighted by molar-refractivity contribution is 7.14. The molecule has 0 fully saturated rings. The number of rotatable bonds is 5. The Hall–Kier alpha value is -2.54. The molecule has 1 aliphatic rings. The van der Waals surface area contributed by atoms with Crippen molar-refractivity contribution in [1.29, 1.82) is 0 Å². The van der Waals surface area contributed by atoms with Crippen molar-refractivity contribution in [2.45, 2.75) is 33.1 Å². The summed E-state index contributed by atoms with van der Waals surface area (Å²) in [4.78, 5) is 28.1. The minimum absolute atomic E-state index is 0.0125. The van der Waals surface area contributed by atoms with E-state index in [0.29, 0.717) is 11.6 Å². The van der Waals surface area contributed by atoms with Crippen LogP contribution in [0.25, 0.3) is 0 Å². The number of hydrogen-bond acceptors (Lipinski definition) is 6. The lowest BCUT2D eigenvalue weighted by Crippen LogP contribution is -2.33. The van der Waals surface area contributed by atoms with E-state index in [2.05, 4.69) is 24.2 Å². The molecule has 27 heavy (non-hydrogen) atoms. The molecule has 6 nitrogen and oxygen atoms in total. The third kappa shape index (κ3) is 3.64. The maximum atomic E-state index is 12.6. The molecule has 0 spiro atoms. The minimum Gasteiger partial charge on any atom is -0.468 e. The number of nitrogens with zero attached hydrogens (tertiary/aromatic N) is 2. The van der Waals surface area contributed by atoms with Gasteiger partial charge in [-0.25, -0.2) is 4.99 Å². The molecule has 2 atom stereocenters. The fraction of sp³-hybridized carbons (Fsp3) is 0.400. The Bertz CT molecular complexity index is 916. The number of aliphatic imine (C=N–C) groups is 1. The molecule has 0 bridgehead atoms. The zero-order valence-corrected chi connectivity index (χ0v) is 16.6. The molecule has 2 heterocycles. The lowest BCUT2D eigenvalue weighted by Gasteiger charge is -2.30. The molecule has 1 unspecified atom stereocenters. The van der Waals surface area contributed by atoms with E-state index in [4.69, 9.17) is 4.74 Å². The number of nitro benzene ring substituents is 1. The van der Waals surface area contributed by atoms with E-state index in [0.717, 1.165) is 28.1 Å². The third-order valence-corrected chi connectivity index (χ3v) is 5.72. The van der Waals surface area contributed by atoms with Gasteiger partial charge in [0.15, 0.2) is 0 Å². The molecule has 0 saturated carbocycles. The number of thiophene rings is 1. The first kappa shape index (κ1) is 19.2. The average molecular weight is 386 g/mol. The van der Waals surface area contributed by atoms with Gasteiger partial charge < -0.3 is 4.74 Å². The van der Waals surface area contributed by atoms with Gasteiger partial charge in [0.2, 0.25) is 0 Å². The number of hydrogen-bond donors (Lipinski definition) is 0. The number of non-ortho nitro benzene ring substituents is 1. The van der Waals surface area contributed by atoms with Crippen LogP contribution >= 0.6 is 11.3 Å². The molecule has 0 radical (unpaired) electrons. The quantitative estimate of drug-likeness (QED) is 0.416. The molecule has 2 aromatic rings. The third-order valence-electron chi connectivity index (χ3n) is 4.78. The van der Waals surface area contributed by atoms with E-state index in [1.165, 1.54) is 13.2 Å². The summed E-state index contributed by atoms with van der Waals surface area (Å²) in [5.74, 6) is -0.868. The Morgan fingerprint density at radius 3 is 2.78 bits per heavy atom. The lowest BCUT2D eigenvalue weighted by atomic mass is 9.75. The molecular formula is C20H22N2O4S. The van der Waals surface area contributed by atoms with Crippen LogP contribution in [0.1, 0.15) is 43.4 Å². The number of nitro groups is 1. The van der Waals surface area contributed by atoms with E-state index in [-0.39, 0.29) is 17.6 Å². The zero-order chi connectivity index (χ0) is 19.7. The SMILES string of the molecule is COC(=O)C1C(C)=Nc2scc(CC(C)C)c2[C@@H]1c1cccc([N+](=O)[O-])c1. The minimum atomic E-state index is -0.593. The summed E-state index contributed by atoms with van der Waals surface area (Å²) in [5, 5.41) is 14.2. The van der Waals surface area contributed by atoms with E-state index >= 15 is 0 Å². The fourth-order valence-electron chi connectivity index (χ4n) is 3.67. The normalized spacial score (nSPS) is 18.8. The lowest BCUT2D eigenvalue weighted by molar-refractivity contribution is -0.384. The fourth-order valence-corrected chi connectivity index (χ4v) is 4.73. The van der Waals surface area contributed by atoms with Gasteiger partial charge in [-0.05, 0) is 35.8 Å². The van der Waals surface area contributed by atoms with Gasteiger partial charge >= 0.3 is 5.97 Å². The smallest absolute Gasteiger partial charge is 0.315 e. The van der Waals surface area contributed by atoms with Crippen LogP contribution in [0.2, 0.25) is 0 Å². The molecule has 1 aromatic heterocycles. The van der Waals surface area contributed by atoms with Crippen LogP contribution in [0, 0.1) is 22.0 Å². The Balaban J connectivity index is 2.22. The van der Waals surface area contributed by atoms with Crippen molar-refractivity contribution in [2.24, 2.45) is 16.8 Å². The summed E-state index contributed by atoms with van der Waals surface area (Å²) in [5.41, 5.74) is 3.56. The number of benzene rings is 1. The van der Waals surface area contributed by atoms with Crippen LogP contribution in [0.3, 0.4) is 0 Å². The summed E-state index contributed by atoms with van der Waals surface area (Å²) in [7, 11) is 1.36. The van der Waals surface area contributed by atoms with Crippen LogP contribution in [-0.4, -0.2) is 23.7 Å². The van der Waals surface area contributed by atoms with Crippen molar-refractivity contribution in [3.8, 4) is 0 Å². The first-order valence-electron chi connectivity index (χ1n) is 8.81. The standard InChI is InChI=1S/C20H22N2O4S/c1-11(2)8-14-10-27-19-18(14)17(16(12(3)21-19)20(23)26-4)13-6-5-7-15(9-13)22(24)25/h5-7,9-11,16-17H,8H2,1-4H3/t16?,17-/m1/s1. The Morgan fingerprint density at radius 1 is 1.41 bits per heavy atom. The van der Waals surface area contributed by atoms with E-state index in [1.807, 2.05) is 13.0 Å². The first-order valence-corrected chi connectivity index (χ1v) is 9.69. The van der Waals surface area contributed by atoms with Crippen molar-refractivity contribution >= 4 is 33.7 Å². The number of carbonyl (C=O) groups excluding carboxylic acids is 1. The number of esters is 1. The van der Waals surface area contributed by atoms with Gasteiger partial charge in [0.05, 0.1) is 12.0 Å². The van der Waals surface area contributed by atoms with Crippen molar-refractivity contribution in [3.63, 3.8) is 0 Å². The summed E-state index contributed by atoms with van der Waals surface area (Å²) in [6.07, 6.45) is 0.861. The number of methoxy groups -OCH3 is 1. The van der Waals surface area contributed by atoms with Gasteiger partial charge in [0.1, 0.15) is 10.9 Å². The van der Waals surface area contributed by atoms with Gasteiger partial charge in [0.25, 0.3) is 5.69 Å². The van der Waals surface area contributed by atoms with Gasteiger partial charge in [-0.15, -0.1) is 11.3 Å². The molecule has 0 aliphatic carbocycles. The molecule has 1 aliphatic heterocycles. The maximum Gasteiger partial charge on any atom is 0.315 e. The van der Waals surface area contributed by atoms with E-state index < -0.39 is 10.8 Å². The molecule has 1 aromatic carbocycles. The summed E-state index contributed by atoms with van der Waals surface area (Å²) < 4.78 is 5.05. The average Bonchev–Trinajstić information content (AvgIpc) is 3.01. The molecule has 3 rings (SSSR count). The van der Waals surface area contributed by atoms with Crippen molar-refractivity contribution in [1.82, 2.24) is 0 Å². The van der Waals surface area contributed by atoms with Crippen LogP contribution in [0.4, 0.5) is 10.7 Å². The molecular weight excluding hydrogens is 364 g/mol. The van der Waals surface area contributed by atoms with Crippen LogP contribution in [-0.2, 0) is 16.0 Å². The molecule has 0 N–H and O–H groups in total. The topological polar surface area (TPSA) is 81.8 Å². The first-order chi connectivity index (χ1) is 12.8. The molecule has 0 amide bonds. The second-order valence-corrected chi connectivity index (χ2v) is 8.02. The summed E-state index contributed by atoms with van der Waals surface area (Å²) in [6.45, 7) is 6.10. The Morgan fingerprint density at radius 2 is 2.15 bits per heavy atom. The largest absolute Gasteiger partial charge is 0.468 e. The monoisotopic (exact) mass is 386 g/mol. The summed E-state index contributed by atoms with van der Waals surface area (Å²) >= 11 is 1.55.